The highest BCUT2D eigenvalue weighted by Gasteiger charge is 2.19. The minimum absolute atomic E-state index is 0.357. The first-order valence-corrected chi connectivity index (χ1v) is 6.73. The lowest BCUT2D eigenvalue weighted by Crippen LogP contribution is -2.13. The second kappa shape index (κ2) is 5.19. The molecule has 0 saturated carbocycles. The standard InChI is InChI=1S/C14H19ClN2O/c1-9(2)10(3)17-11-6-5-7-12(18-4)14(11)16-13(17)8-15/h5-7,9-10H,8H2,1-4H3. The van der Waals surface area contributed by atoms with E-state index >= 15 is 0 Å². The van der Waals surface area contributed by atoms with Gasteiger partial charge >= 0.3 is 0 Å². The Morgan fingerprint density at radius 1 is 1.33 bits per heavy atom. The van der Waals surface area contributed by atoms with Crippen LogP contribution in [0.4, 0.5) is 0 Å². The molecule has 98 valence electrons. The van der Waals surface area contributed by atoms with Gasteiger partial charge in [-0.3, -0.25) is 0 Å². The van der Waals surface area contributed by atoms with Gasteiger partial charge < -0.3 is 9.30 Å². The van der Waals surface area contributed by atoms with Crippen LogP contribution in [0.1, 0.15) is 32.6 Å². The molecule has 0 aliphatic rings. The van der Waals surface area contributed by atoms with Gasteiger partial charge in [0.25, 0.3) is 0 Å². The van der Waals surface area contributed by atoms with Gasteiger partial charge in [-0.2, -0.15) is 0 Å². The largest absolute Gasteiger partial charge is 0.494 e. The van der Waals surface area contributed by atoms with Crippen LogP contribution < -0.4 is 4.74 Å². The molecule has 0 fully saturated rings. The molecule has 1 heterocycles. The number of aromatic nitrogens is 2. The molecular formula is C14H19ClN2O. The Morgan fingerprint density at radius 3 is 2.61 bits per heavy atom. The van der Waals surface area contributed by atoms with E-state index in [1.807, 2.05) is 12.1 Å². The fourth-order valence-electron chi connectivity index (χ4n) is 2.15. The van der Waals surface area contributed by atoms with Crippen molar-refractivity contribution in [3.05, 3.63) is 24.0 Å². The van der Waals surface area contributed by atoms with Crippen molar-refractivity contribution in [3.8, 4) is 5.75 Å². The number of alkyl halides is 1. The molecule has 3 nitrogen and oxygen atoms in total. The number of rotatable bonds is 4. The number of hydrogen-bond acceptors (Lipinski definition) is 2. The minimum Gasteiger partial charge on any atom is -0.494 e. The Bertz CT molecular complexity index is 548. The van der Waals surface area contributed by atoms with Gasteiger partial charge in [0.1, 0.15) is 17.1 Å². The smallest absolute Gasteiger partial charge is 0.146 e. The third-order valence-corrected chi connectivity index (χ3v) is 3.71. The number of fused-ring (bicyclic) bond motifs is 1. The van der Waals surface area contributed by atoms with Crippen LogP contribution in [0, 0.1) is 5.92 Å². The van der Waals surface area contributed by atoms with E-state index in [1.165, 1.54) is 0 Å². The molecule has 0 spiro atoms. The molecule has 0 amide bonds. The Balaban J connectivity index is 2.70. The first-order chi connectivity index (χ1) is 8.60. The lowest BCUT2D eigenvalue weighted by Gasteiger charge is -2.20. The van der Waals surface area contributed by atoms with Gasteiger partial charge in [-0.1, -0.05) is 19.9 Å². The Hall–Kier alpha value is -1.22. The predicted octanol–water partition coefficient (Wildman–Crippen LogP) is 4.00. The topological polar surface area (TPSA) is 27.1 Å². The average Bonchev–Trinajstić information content (AvgIpc) is 2.75. The van der Waals surface area contributed by atoms with Gasteiger partial charge in [0, 0.05) is 6.04 Å². The van der Waals surface area contributed by atoms with Crippen LogP contribution in [0.3, 0.4) is 0 Å². The van der Waals surface area contributed by atoms with Gasteiger partial charge in [-0.15, -0.1) is 11.6 Å². The SMILES string of the molecule is COc1cccc2c1nc(CCl)n2C(C)C(C)C. The normalized spacial score (nSPS) is 13.2. The predicted molar refractivity (Wildman–Crippen MR) is 75.4 cm³/mol. The summed E-state index contributed by atoms with van der Waals surface area (Å²) in [6.07, 6.45) is 0. The Labute approximate surface area is 113 Å². The molecule has 0 aliphatic heterocycles. The highest BCUT2D eigenvalue weighted by Crippen LogP contribution is 2.31. The van der Waals surface area contributed by atoms with Crippen LogP contribution in [-0.2, 0) is 5.88 Å². The summed E-state index contributed by atoms with van der Waals surface area (Å²) in [4.78, 5) is 4.61. The van der Waals surface area contributed by atoms with Crippen molar-refractivity contribution in [1.82, 2.24) is 9.55 Å². The Morgan fingerprint density at radius 2 is 2.06 bits per heavy atom. The van der Waals surface area contributed by atoms with Crippen LogP contribution in [0.25, 0.3) is 11.0 Å². The van der Waals surface area contributed by atoms with Crippen molar-refractivity contribution in [2.45, 2.75) is 32.7 Å². The zero-order chi connectivity index (χ0) is 13.3. The molecule has 1 unspecified atom stereocenters. The zero-order valence-corrected chi connectivity index (χ0v) is 12.0. The molecule has 0 bridgehead atoms. The van der Waals surface area contributed by atoms with Crippen molar-refractivity contribution in [3.63, 3.8) is 0 Å². The van der Waals surface area contributed by atoms with Crippen molar-refractivity contribution in [2.75, 3.05) is 7.11 Å². The number of methoxy groups -OCH3 is 1. The van der Waals surface area contributed by atoms with Gasteiger partial charge in [-0.05, 0) is 25.0 Å². The van der Waals surface area contributed by atoms with Gasteiger partial charge in [0.2, 0.25) is 0 Å². The maximum atomic E-state index is 6.02. The van der Waals surface area contributed by atoms with Crippen molar-refractivity contribution in [2.24, 2.45) is 5.92 Å². The molecule has 0 saturated heterocycles. The number of nitrogens with zero attached hydrogens (tertiary/aromatic N) is 2. The molecule has 0 N–H and O–H groups in total. The molecule has 1 aromatic heterocycles. The number of halogens is 1. The van der Waals surface area contributed by atoms with Crippen molar-refractivity contribution in [1.29, 1.82) is 0 Å². The van der Waals surface area contributed by atoms with Crippen LogP contribution >= 0.6 is 11.6 Å². The summed E-state index contributed by atoms with van der Waals surface area (Å²) in [6.45, 7) is 6.60. The fourth-order valence-corrected chi connectivity index (χ4v) is 2.34. The summed E-state index contributed by atoms with van der Waals surface area (Å²) in [6, 6.07) is 6.35. The maximum absolute atomic E-state index is 6.02. The van der Waals surface area contributed by atoms with E-state index in [0.29, 0.717) is 17.8 Å². The zero-order valence-electron chi connectivity index (χ0n) is 11.3. The summed E-state index contributed by atoms with van der Waals surface area (Å²) in [7, 11) is 1.67. The number of benzene rings is 1. The van der Waals surface area contributed by atoms with Gasteiger partial charge in [0.05, 0.1) is 18.5 Å². The average molecular weight is 267 g/mol. The number of hydrogen-bond donors (Lipinski definition) is 0. The van der Waals surface area contributed by atoms with E-state index in [-0.39, 0.29) is 0 Å². The van der Waals surface area contributed by atoms with Crippen LogP contribution in [0.2, 0.25) is 0 Å². The molecular weight excluding hydrogens is 248 g/mol. The van der Waals surface area contributed by atoms with E-state index in [4.69, 9.17) is 16.3 Å². The second-order valence-electron chi connectivity index (χ2n) is 4.84. The van der Waals surface area contributed by atoms with Crippen LogP contribution in [0.15, 0.2) is 18.2 Å². The van der Waals surface area contributed by atoms with E-state index in [0.717, 1.165) is 22.6 Å². The highest BCUT2D eigenvalue weighted by atomic mass is 35.5. The van der Waals surface area contributed by atoms with Crippen LogP contribution in [0.5, 0.6) is 5.75 Å². The van der Waals surface area contributed by atoms with Crippen LogP contribution in [-0.4, -0.2) is 16.7 Å². The Kier molecular flexibility index (Phi) is 3.81. The van der Waals surface area contributed by atoms with E-state index in [2.05, 4.69) is 36.4 Å². The molecule has 1 atom stereocenters. The second-order valence-corrected chi connectivity index (χ2v) is 5.11. The molecule has 0 radical (unpaired) electrons. The summed E-state index contributed by atoms with van der Waals surface area (Å²) < 4.78 is 7.58. The molecule has 2 rings (SSSR count). The first-order valence-electron chi connectivity index (χ1n) is 6.20. The van der Waals surface area contributed by atoms with Gasteiger partial charge in [-0.25, -0.2) is 4.98 Å². The third-order valence-electron chi connectivity index (χ3n) is 3.47. The molecule has 18 heavy (non-hydrogen) atoms. The van der Waals surface area contributed by atoms with Crippen molar-refractivity contribution < 1.29 is 4.74 Å². The lowest BCUT2D eigenvalue weighted by molar-refractivity contribution is 0.409. The quantitative estimate of drug-likeness (QED) is 0.782. The minimum atomic E-state index is 0.357. The highest BCUT2D eigenvalue weighted by molar-refractivity contribution is 6.16. The first kappa shape index (κ1) is 13.2. The number of ether oxygens (including phenoxy) is 1. The van der Waals surface area contributed by atoms with E-state index in [1.54, 1.807) is 7.11 Å². The summed E-state index contributed by atoms with van der Waals surface area (Å²) in [5.74, 6) is 2.64. The molecule has 0 aliphatic carbocycles. The summed E-state index contributed by atoms with van der Waals surface area (Å²) in [5.41, 5.74) is 1.98. The fraction of sp³-hybridized carbons (Fsp3) is 0.500. The monoisotopic (exact) mass is 266 g/mol. The maximum Gasteiger partial charge on any atom is 0.146 e. The number of para-hydroxylation sites is 1. The van der Waals surface area contributed by atoms with Crippen molar-refractivity contribution >= 4 is 22.6 Å². The van der Waals surface area contributed by atoms with Gasteiger partial charge in [0.15, 0.2) is 0 Å². The van der Waals surface area contributed by atoms with E-state index in [9.17, 15) is 0 Å². The van der Waals surface area contributed by atoms with E-state index < -0.39 is 0 Å². The molecule has 1 aromatic carbocycles. The summed E-state index contributed by atoms with van der Waals surface area (Å²) in [5, 5.41) is 0. The summed E-state index contributed by atoms with van der Waals surface area (Å²) >= 11 is 6.02. The number of imidazole rings is 1. The molecule has 2 aromatic rings. The third kappa shape index (κ3) is 2.07. The molecule has 4 heteroatoms. The lowest BCUT2D eigenvalue weighted by atomic mass is 10.1.